The van der Waals surface area contributed by atoms with Crippen molar-refractivity contribution in [2.45, 2.75) is 58.4 Å². The highest BCUT2D eigenvalue weighted by atomic mass is 35.5. The number of nitrogens with one attached hydrogen (secondary N) is 1. The predicted octanol–water partition coefficient (Wildman–Crippen LogP) is 7.43. The second-order valence-electron chi connectivity index (χ2n) is 9.47. The van der Waals surface area contributed by atoms with Gasteiger partial charge in [0.1, 0.15) is 11.6 Å². The van der Waals surface area contributed by atoms with E-state index in [2.05, 4.69) is 66.2 Å². The molecule has 194 valence electrons. The number of carbonyl (C=O) groups is 1. The van der Waals surface area contributed by atoms with Crippen LogP contribution in [0.2, 0.25) is 5.02 Å². The summed E-state index contributed by atoms with van der Waals surface area (Å²) in [6.45, 7) is 6.63. The number of para-hydroxylation sites is 2. The molecule has 1 heterocycles. The Bertz CT molecular complexity index is 1300. The van der Waals surface area contributed by atoms with Gasteiger partial charge in [0.15, 0.2) is 0 Å². The van der Waals surface area contributed by atoms with Crippen molar-refractivity contribution >= 4 is 28.5 Å². The summed E-state index contributed by atoms with van der Waals surface area (Å²) in [5.74, 6) is 2.46. The lowest BCUT2D eigenvalue weighted by Gasteiger charge is -2.12. The molecule has 1 atom stereocenters. The molecule has 0 aliphatic heterocycles. The number of rotatable bonds is 13. The number of fused-ring (bicyclic) bond motifs is 1. The molecule has 0 aliphatic rings. The highest BCUT2D eigenvalue weighted by molar-refractivity contribution is 6.30. The van der Waals surface area contributed by atoms with Gasteiger partial charge in [0.05, 0.1) is 17.6 Å². The standard InChI is InChI=1S/C31H36ClN3O2/c1-3-23(2)24-15-17-27(18-16-24)37-21-7-6-20-35-29-13-5-4-12-28(29)34-30(35)14-9-19-33-31(36)25-10-8-11-26(32)22-25/h4-5,8,10-13,15-18,22-23H,3,6-7,9,14,19-21H2,1-2H3,(H,33,36). The number of hydrogen-bond acceptors (Lipinski definition) is 3. The summed E-state index contributed by atoms with van der Waals surface area (Å²) >= 11 is 6.00. The van der Waals surface area contributed by atoms with Crippen molar-refractivity contribution in [3.05, 3.63) is 94.8 Å². The van der Waals surface area contributed by atoms with E-state index in [1.165, 1.54) is 5.56 Å². The molecule has 0 spiro atoms. The van der Waals surface area contributed by atoms with Crippen LogP contribution < -0.4 is 10.1 Å². The number of benzene rings is 3. The van der Waals surface area contributed by atoms with E-state index in [0.29, 0.717) is 29.7 Å². The van der Waals surface area contributed by atoms with E-state index < -0.39 is 0 Å². The number of unbranched alkanes of at least 4 members (excludes halogenated alkanes) is 1. The minimum Gasteiger partial charge on any atom is -0.494 e. The van der Waals surface area contributed by atoms with Gasteiger partial charge in [-0.05, 0) is 79.6 Å². The Labute approximate surface area is 224 Å². The number of hydrogen-bond donors (Lipinski definition) is 1. The van der Waals surface area contributed by atoms with Gasteiger partial charge in [0, 0.05) is 30.1 Å². The van der Waals surface area contributed by atoms with E-state index in [4.69, 9.17) is 21.3 Å². The molecule has 4 aromatic rings. The molecule has 0 saturated carbocycles. The maximum Gasteiger partial charge on any atom is 0.251 e. The molecule has 1 unspecified atom stereocenters. The van der Waals surface area contributed by atoms with Crippen molar-refractivity contribution in [2.24, 2.45) is 0 Å². The van der Waals surface area contributed by atoms with Gasteiger partial charge in [-0.15, -0.1) is 0 Å². The number of aromatic nitrogens is 2. The Balaban J connectivity index is 1.26. The maximum absolute atomic E-state index is 12.4. The molecule has 0 fully saturated rings. The molecular weight excluding hydrogens is 482 g/mol. The Morgan fingerprint density at radius 2 is 1.84 bits per heavy atom. The van der Waals surface area contributed by atoms with Crippen molar-refractivity contribution in [3.63, 3.8) is 0 Å². The number of amides is 1. The number of halogens is 1. The molecule has 1 amide bonds. The van der Waals surface area contributed by atoms with Crippen LogP contribution in [-0.4, -0.2) is 28.6 Å². The predicted molar refractivity (Wildman–Crippen MR) is 152 cm³/mol. The lowest BCUT2D eigenvalue weighted by Crippen LogP contribution is -2.25. The summed E-state index contributed by atoms with van der Waals surface area (Å²) in [6, 6.07) is 23.8. The smallest absolute Gasteiger partial charge is 0.251 e. The van der Waals surface area contributed by atoms with Gasteiger partial charge >= 0.3 is 0 Å². The fraction of sp³-hybridized carbons (Fsp3) is 0.355. The summed E-state index contributed by atoms with van der Waals surface area (Å²) < 4.78 is 8.30. The molecule has 0 bridgehead atoms. The van der Waals surface area contributed by atoms with Crippen molar-refractivity contribution in [2.75, 3.05) is 13.2 Å². The van der Waals surface area contributed by atoms with Crippen LogP contribution in [0.1, 0.15) is 67.2 Å². The molecule has 5 nitrogen and oxygen atoms in total. The molecule has 3 aromatic carbocycles. The molecular formula is C31H36ClN3O2. The molecule has 0 saturated heterocycles. The van der Waals surface area contributed by atoms with Gasteiger partial charge in [-0.25, -0.2) is 4.98 Å². The molecule has 0 aliphatic carbocycles. The molecule has 1 aromatic heterocycles. The number of nitrogens with zero attached hydrogens (tertiary/aromatic N) is 2. The van der Waals surface area contributed by atoms with Crippen LogP contribution in [0.15, 0.2) is 72.8 Å². The minimum atomic E-state index is -0.106. The molecule has 1 N–H and O–H groups in total. The Morgan fingerprint density at radius 3 is 2.62 bits per heavy atom. The molecule has 4 rings (SSSR count). The first-order chi connectivity index (χ1) is 18.0. The summed E-state index contributed by atoms with van der Waals surface area (Å²) in [7, 11) is 0. The number of aryl methyl sites for hydroxylation is 2. The van der Waals surface area contributed by atoms with E-state index in [1.54, 1.807) is 24.3 Å². The van der Waals surface area contributed by atoms with E-state index >= 15 is 0 Å². The van der Waals surface area contributed by atoms with Gasteiger partial charge in [-0.1, -0.05) is 55.8 Å². The number of ether oxygens (including phenoxy) is 1. The maximum atomic E-state index is 12.4. The monoisotopic (exact) mass is 517 g/mol. The normalized spacial score (nSPS) is 12.0. The minimum absolute atomic E-state index is 0.106. The zero-order valence-corrected chi connectivity index (χ0v) is 22.5. The van der Waals surface area contributed by atoms with Crippen LogP contribution in [-0.2, 0) is 13.0 Å². The number of imidazole rings is 1. The van der Waals surface area contributed by atoms with Gasteiger partial charge in [0.25, 0.3) is 5.91 Å². The first kappa shape index (κ1) is 26.7. The third-order valence-corrected chi connectivity index (χ3v) is 7.02. The summed E-state index contributed by atoms with van der Waals surface area (Å²) in [5, 5.41) is 3.55. The van der Waals surface area contributed by atoms with E-state index in [1.807, 2.05) is 6.07 Å². The van der Waals surface area contributed by atoms with Gasteiger partial charge in [0.2, 0.25) is 0 Å². The highest BCUT2D eigenvalue weighted by Gasteiger charge is 2.11. The van der Waals surface area contributed by atoms with Gasteiger partial charge in [-0.2, -0.15) is 0 Å². The first-order valence-electron chi connectivity index (χ1n) is 13.3. The Hall–Kier alpha value is -3.31. The highest BCUT2D eigenvalue weighted by Crippen LogP contribution is 2.22. The van der Waals surface area contributed by atoms with Crippen LogP contribution in [0.25, 0.3) is 11.0 Å². The zero-order valence-electron chi connectivity index (χ0n) is 21.8. The first-order valence-corrected chi connectivity index (χ1v) is 13.6. The van der Waals surface area contributed by atoms with Crippen LogP contribution in [0.5, 0.6) is 5.75 Å². The molecule has 6 heteroatoms. The van der Waals surface area contributed by atoms with Crippen LogP contribution >= 0.6 is 11.6 Å². The lowest BCUT2D eigenvalue weighted by molar-refractivity contribution is 0.0953. The average molecular weight is 518 g/mol. The SMILES string of the molecule is CCC(C)c1ccc(OCCCCn2c(CCCNC(=O)c3cccc(Cl)c3)nc3ccccc32)cc1. The van der Waals surface area contributed by atoms with Crippen molar-refractivity contribution < 1.29 is 9.53 Å². The largest absolute Gasteiger partial charge is 0.494 e. The quantitative estimate of drug-likeness (QED) is 0.188. The summed E-state index contributed by atoms with van der Waals surface area (Å²) in [6.07, 6.45) is 4.72. The van der Waals surface area contributed by atoms with Crippen molar-refractivity contribution in [1.82, 2.24) is 14.9 Å². The van der Waals surface area contributed by atoms with E-state index in [-0.39, 0.29) is 5.91 Å². The van der Waals surface area contributed by atoms with E-state index in [0.717, 1.165) is 61.3 Å². The van der Waals surface area contributed by atoms with Crippen molar-refractivity contribution in [1.29, 1.82) is 0 Å². The lowest BCUT2D eigenvalue weighted by atomic mass is 9.99. The Kier molecular flexibility index (Phi) is 9.61. The second-order valence-corrected chi connectivity index (χ2v) is 9.91. The topological polar surface area (TPSA) is 56.1 Å². The van der Waals surface area contributed by atoms with Gasteiger partial charge < -0.3 is 14.6 Å². The van der Waals surface area contributed by atoms with Crippen LogP contribution in [0, 0.1) is 0 Å². The average Bonchev–Trinajstić information content (AvgIpc) is 3.28. The Morgan fingerprint density at radius 1 is 1.03 bits per heavy atom. The summed E-state index contributed by atoms with van der Waals surface area (Å²) in [4.78, 5) is 17.3. The van der Waals surface area contributed by atoms with E-state index in [9.17, 15) is 4.79 Å². The van der Waals surface area contributed by atoms with Crippen LogP contribution in [0.4, 0.5) is 0 Å². The third-order valence-electron chi connectivity index (χ3n) is 6.79. The fourth-order valence-corrected chi connectivity index (χ4v) is 4.63. The van der Waals surface area contributed by atoms with Crippen molar-refractivity contribution in [3.8, 4) is 5.75 Å². The molecule has 0 radical (unpaired) electrons. The van der Waals surface area contributed by atoms with Gasteiger partial charge in [-0.3, -0.25) is 4.79 Å². The molecule has 37 heavy (non-hydrogen) atoms. The zero-order chi connectivity index (χ0) is 26.0. The summed E-state index contributed by atoms with van der Waals surface area (Å²) in [5.41, 5.74) is 4.10. The fourth-order valence-electron chi connectivity index (χ4n) is 4.44. The third kappa shape index (κ3) is 7.36. The number of carbonyl (C=O) groups excluding carboxylic acids is 1. The second kappa shape index (κ2) is 13.3. The van der Waals surface area contributed by atoms with Crippen LogP contribution in [0.3, 0.4) is 0 Å².